The summed E-state index contributed by atoms with van der Waals surface area (Å²) in [5, 5.41) is 2.84. The highest BCUT2D eigenvalue weighted by atomic mass is 79.9. The van der Waals surface area contributed by atoms with Gasteiger partial charge in [-0.15, -0.1) is 0 Å². The molecule has 1 unspecified atom stereocenters. The fraction of sp³-hybridized carbons (Fsp3) is 0.250. The van der Waals surface area contributed by atoms with E-state index in [9.17, 15) is 14.4 Å². The van der Waals surface area contributed by atoms with E-state index in [1.54, 1.807) is 29.2 Å². The van der Waals surface area contributed by atoms with Crippen molar-refractivity contribution in [2.75, 3.05) is 16.8 Å². The van der Waals surface area contributed by atoms with Gasteiger partial charge in [-0.1, -0.05) is 28.1 Å². The first-order valence-corrected chi connectivity index (χ1v) is 9.37. The SMILES string of the molecule is Cc1cc(N2CC(C(=O)Nc3ccc(CC(N)=O)cc3)CC2=O)ccc1Br. The van der Waals surface area contributed by atoms with E-state index in [1.807, 2.05) is 25.1 Å². The van der Waals surface area contributed by atoms with Crippen LogP contribution in [0.3, 0.4) is 0 Å². The third-order valence-corrected chi connectivity index (χ3v) is 5.44. The quantitative estimate of drug-likeness (QED) is 0.764. The van der Waals surface area contributed by atoms with Gasteiger partial charge < -0.3 is 16.0 Å². The van der Waals surface area contributed by atoms with Crippen LogP contribution in [0.4, 0.5) is 11.4 Å². The number of primary amides is 1. The fourth-order valence-electron chi connectivity index (χ4n) is 3.08. The second kappa shape index (κ2) is 7.92. The Kier molecular flexibility index (Phi) is 5.60. The van der Waals surface area contributed by atoms with Crippen LogP contribution < -0.4 is 16.0 Å². The molecule has 3 rings (SSSR count). The smallest absolute Gasteiger partial charge is 0.229 e. The highest BCUT2D eigenvalue weighted by Crippen LogP contribution is 2.29. The van der Waals surface area contributed by atoms with Gasteiger partial charge in [0.05, 0.1) is 12.3 Å². The highest BCUT2D eigenvalue weighted by Gasteiger charge is 2.35. The molecule has 1 atom stereocenters. The minimum absolute atomic E-state index is 0.0614. The first-order chi connectivity index (χ1) is 12.8. The number of nitrogens with two attached hydrogens (primary N) is 1. The lowest BCUT2D eigenvalue weighted by atomic mass is 10.1. The average Bonchev–Trinajstić information content (AvgIpc) is 3.00. The van der Waals surface area contributed by atoms with Crippen LogP contribution in [0.5, 0.6) is 0 Å². The van der Waals surface area contributed by atoms with Crippen LogP contribution in [0, 0.1) is 12.8 Å². The summed E-state index contributed by atoms with van der Waals surface area (Å²) in [6, 6.07) is 12.6. The molecular weight excluding hydrogens is 410 g/mol. The van der Waals surface area contributed by atoms with Crippen molar-refractivity contribution in [2.45, 2.75) is 19.8 Å². The molecule has 0 aliphatic carbocycles. The van der Waals surface area contributed by atoms with Crippen molar-refractivity contribution in [3.63, 3.8) is 0 Å². The van der Waals surface area contributed by atoms with Crippen LogP contribution >= 0.6 is 15.9 Å². The normalized spacial score (nSPS) is 16.4. The zero-order valence-electron chi connectivity index (χ0n) is 14.9. The fourth-order valence-corrected chi connectivity index (χ4v) is 3.33. The number of halogens is 1. The van der Waals surface area contributed by atoms with Gasteiger partial charge in [0.2, 0.25) is 17.7 Å². The minimum Gasteiger partial charge on any atom is -0.369 e. The van der Waals surface area contributed by atoms with Crippen molar-refractivity contribution < 1.29 is 14.4 Å². The number of anilines is 2. The average molecular weight is 430 g/mol. The Morgan fingerprint density at radius 3 is 2.56 bits per heavy atom. The summed E-state index contributed by atoms with van der Waals surface area (Å²) in [6.45, 7) is 2.31. The summed E-state index contributed by atoms with van der Waals surface area (Å²) in [6.07, 6.45) is 0.341. The molecule has 3 amide bonds. The number of carbonyl (C=O) groups excluding carboxylic acids is 3. The number of hydrogen-bond acceptors (Lipinski definition) is 3. The molecule has 1 aliphatic rings. The Balaban J connectivity index is 1.65. The molecule has 0 spiro atoms. The van der Waals surface area contributed by atoms with Gasteiger partial charge in [0, 0.05) is 28.8 Å². The molecule has 7 heteroatoms. The Bertz CT molecular complexity index is 896. The van der Waals surface area contributed by atoms with Gasteiger partial charge >= 0.3 is 0 Å². The molecule has 140 valence electrons. The van der Waals surface area contributed by atoms with Gasteiger partial charge in [-0.3, -0.25) is 14.4 Å². The van der Waals surface area contributed by atoms with Crippen LogP contribution in [0.1, 0.15) is 17.5 Å². The number of rotatable bonds is 5. The minimum atomic E-state index is -0.410. The molecule has 0 aromatic heterocycles. The van der Waals surface area contributed by atoms with Gasteiger partial charge in [0.1, 0.15) is 0 Å². The molecule has 1 saturated heterocycles. The molecule has 0 bridgehead atoms. The van der Waals surface area contributed by atoms with Crippen LogP contribution in [0.2, 0.25) is 0 Å². The van der Waals surface area contributed by atoms with Crippen LogP contribution in [-0.2, 0) is 20.8 Å². The second-order valence-electron chi connectivity index (χ2n) is 6.67. The topological polar surface area (TPSA) is 92.5 Å². The summed E-state index contributed by atoms with van der Waals surface area (Å²) in [5.74, 6) is -1.07. The third kappa shape index (κ3) is 4.54. The molecular formula is C20H20BrN3O3. The molecule has 2 aromatic carbocycles. The van der Waals surface area contributed by atoms with Crippen LogP contribution in [0.15, 0.2) is 46.9 Å². The van der Waals surface area contributed by atoms with E-state index in [4.69, 9.17) is 5.73 Å². The number of nitrogens with zero attached hydrogens (tertiary/aromatic N) is 1. The molecule has 1 aliphatic heterocycles. The molecule has 1 heterocycles. The maximum absolute atomic E-state index is 12.5. The summed E-state index contributed by atoms with van der Waals surface area (Å²) in [7, 11) is 0. The lowest BCUT2D eigenvalue weighted by Gasteiger charge is -2.18. The van der Waals surface area contributed by atoms with Crippen molar-refractivity contribution in [3.05, 3.63) is 58.1 Å². The summed E-state index contributed by atoms with van der Waals surface area (Å²) < 4.78 is 0.979. The Morgan fingerprint density at radius 2 is 1.93 bits per heavy atom. The molecule has 2 aromatic rings. The van der Waals surface area contributed by atoms with Crippen LogP contribution in [-0.4, -0.2) is 24.3 Å². The number of carbonyl (C=O) groups is 3. The highest BCUT2D eigenvalue weighted by molar-refractivity contribution is 9.10. The lowest BCUT2D eigenvalue weighted by Crippen LogP contribution is -2.28. The van der Waals surface area contributed by atoms with Gasteiger partial charge in [0.15, 0.2) is 0 Å². The van der Waals surface area contributed by atoms with Crippen molar-refractivity contribution in [1.29, 1.82) is 0 Å². The monoisotopic (exact) mass is 429 g/mol. The number of nitrogens with one attached hydrogen (secondary N) is 1. The van der Waals surface area contributed by atoms with Crippen molar-refractivity contribution in [1.82, 2.24) is 0 Å². The van der Waals surface area contributed by atoms with Gasteiger partial charge in [0.25, 0.3) is 0 Å². The van der Waals surface area contributed by atoms with E-state index >= 15 is 0 Å². The zero-order chi connectivity index (χ0) is 19.6. The first kappa shape index (κ1) is 19.1. The molecule has 0 radical (unpaired) electrons. The van der Waals surface area contributed by atoms with E-state index in [1.165, 1.54) is 0 Å². The van der Waals surface area contributed by atoms with Gasteiger partial charge in [-0.05, 0) is 48.4 Å². The molecule has 0 saturated carbocycles. The maximum Gasteiger partial charge on any atom is 0.229 e. The van der Waals surface area contributed by atoms with Crippen molar-refractivity contribution in [2.24, 2.45) is 11.7 Å². The van der Waals surface area contributed by atoms with Gasteiger partial charge in [-0.25, -0.2) is 0 Å². The van der Waals surface area contributed by atoms with Crippen molar-refractivity contribution in [3.8, 4) is 0 Å². The number of benzene rings is 2. The second-order valence-corrected chi connectivity index (χ2v) is 7.52. The van der Waals surface area contributed by atoms with E-state index in [2.05, 4.69) is 21.2 Å². The van der Waals surface area contributed by atoms with Crippen molar-refractivity contribution >= 4 is 45.0 Å². The molecule has 1 fully saturated rings. The Morgan fingerprint density at radius 1 is 1.22 bits per heavy atom. The Labute approximate surface area is 165 Å². The molecule has 3 N–H and O–H groups in total. The van der Waals surface area contributed by atoms with E-state index in [-0.39, 0.29) is 24.7 Å². The lowest BCUT2D eigenvalue weighted by molar-refractivity contribution is -0.122. The maximum atomic E-state index is 12.5. The zero-order valence-corrected chi connectivity index (χ0v) is 16.5. The van der Waals surface area contributed by atoms with E-state index in [0.717, 1.165) is 21.3 Å². The summed E-state index contributed by atoms with van der Waals surface area (Å²) >= 11 is 3.45. The number of amides is 3. The third-order valence-electron chi connectivity index (χ3n) is 4.55. The molecule has 27 heavy (non-hydrogen) atoms. The van der Waals surface area contributed by atoms with Gasteiger partial charge in [-0.2, -0.15) is 0 Å². The first-order valence-electron chi connectivity index (χ1n) is 8.58. The number of hydrogen-bond donors (Lipinski definition) is 2. The molecule has 6 nitrogen and oxygen atoms in total. The van der Waals surface area contributed by atoms with E-state index in [0.29, 0.717) is 12.2 Å². The predicted molar refractivity (Wildman–Crippen MR) is 107 cm³/mol. The predicted octanol–water partition coefficient (Wildman–Crippen LogP) is 2.78. The van der Waals surface area contributed by atoms with E-state index < -0.39 is 11.8 Å². The summed E-state index contributed by atoms with van der Waals surface area (Å²) in [5.41, 5.74) is 8.41. The standard InChI is InChI=1S/C20H20BrN3O3/c1-12-8-16(6-7-17(12)21)24-11-14(10-19(24)26)20(27)23-15-4-2-13(3-5-15)9-18(22)25/h2-8,14H,9-11H2,1H3,(H2,22,25)(H,23,27). The number of aryl methyl sites for hydroxylation is 1. The largest absolute Gasteiger partial charge is 0.369 e. The van der Waals surface area contributed by atoms with Crippen LogP contribution in [0.25, 0.3) is 0 Å². The summed E-state index contributed by atoms with van der Waals surface area (Å²) in [4.78, 5) is 37.5. The Hall–Kier alpha value is -2.67.